The normalized spacial score (nSPS) is 13.0. The number of esters is 1. The number of alkyl carbamates (subject to hydrolysis) is 1. The lowest BCUT2D eigenvalue weighted by atomic mass is 10.1. The van der Waals surface area contributed by atoms with Crippen molar-refractivity contribution in [1.82, 2.24) is 25.5 Å². The number of carbonyl (C=O) groups excluding carboxylic acids is 2. The molecule has 0 aliphatic heterocycles. The van der Waals surface area contributed by atoms with Gasteiger partial charge in [-0.25, -0.2) is 9.59 Å². The van der Waals surface area contributed by atoms with Crippen molar-refractivity contribution in [3.05, 3.63) is 41.2 Å². The van der Waals surface area contributed by atoms with Crippen molar-refractivity contribution in [2.45, 2.75) is 18.9 Å². The zero-order chi connectivity index (χ0) is 17.5. The molecule has 11 heteroatoms. The molecule has 0 saturated heterocycles. The summed E-state index contributed by atoms with van der Waals surface area (Å²) in [5.74, 6) is -1.03. The second kappa shape index (κ2) is 8.22. The largest absolute Gasteiger partial charge is 0.466 e. The lowest BCUT2D eigenvalue weighted by molar-refractivity contribution is -0.151. The van der Waals surface area contributed by atoms with E-state index in [0.29, 0.717) is 10.6 Å². The van der Waals surface area contributed by atoms with Crippen LogP contribution in [0.4, 0.5) is 4.79 Å². The first-order valence-corrected chi connectivity index (χ1v) is 7.07. The van der Waals surface area contributed by atoms with Crippen molar-refractivity contribution in [3.8, 4) is 0 Å². The van der Waals surface area contributed by atoms with E-state index < -0.39 is 24.4 Å². The number of hydrogen-bond acceptors (Lipinski definition) is 8. The molecular weight excluding hydrogens is 342 g/mol. The Morgan fingerprint density at radius 3 is 2.79 bits per heavy atom. The van der Waals surface area contributed by atoms with Crippen LogP contribution >= 0.6 is 11.6 Å². The van der Waals surface area contributed by atoms with Crippen molar-refractivity contribution in [1.29, 1.82) is 0 Å². The van der Waals surface area contributed by atoms with Gasteiger partial charge in [-0.2, -0.15) is 4.80 Å². The average Bonchev–Trinajstić information content (AvgIpc) is 3.06. The topological polar surface area (TPSA) is 128 Å². The molecule has 0 aliphatic rings. The Morgan fingerprint density at radius 2 is 2.17 bits per heavy atom. The molecule has 2 N–H and O–H groups in total. The van der Waals surface area contributed by atoms with E-state index in [1.54, 1.807) is 24.3 Å². The number of halogens is 1. The van der Waals surface area contributed by atoms with E-state index >= 15 is 0 Å². The van der Waals surface area contributed by atoms with Crippen molar-refractivity contribution < 1.29 is 24.2 Å². The van der Waals surface area contributed by atoms with E-state index in [-0.39, 0.29) is 6.54 Å². The first kappa shape index (κ1) is 17.6. The number of aliphatic hydroxyl groups excluding tert-OH is 1. The molecule has 0 aliphatic carbocycles. The molecule has 2 unspecified atom stereocenters. The zero-order valence-corrected chi connectivity index (χ0v) is 13.3. The number of ether oxygens (including phenoxy) is 2. The van der Waals surface area contributed by atoms with E-state index in [2.05, 4.69) is 20.1 Å². The summed E-state index contributed by atoms with van der Waals surface area (Å²) in [5.41, 5.74) is 0.499. The highest BCUT2D eigenvalue weighted by Gasteiger charge is 2.24. The number of methoxy groups -OCH3 is 1. The van der Waals surface area contributed by atoms with E-state index in [0.717, 1.165) is 7.11 Å². The summed E-state index contributed by atoms with van der Waals surface area (Å²) in [6.45, 7) is 0.0332. The van der Waals surface area contributed by atoms with Gasteiger partial charge in [0.1, 0.15) is 6.54 Å². The van der Waals surface area contributed by atoms with Crippen molar-refractivity contribution >= 4 is 23.7 Å². The van der Waals surface area contributed by atoms with Crippen molar-refractivity contribution in [3.63, 3.8) is 0 Å². The maximum absolute atomic E-state index is 11.9. The van der Waals surface area contributed by atoms with Crippen LogP contribution in [0.1, 0.15) is 11.7 Å². The molecule has 1 aromatic carbocycles. The maximum Gasteiger partial charge on any atom is 0.410 e. The maximum atomic E-state index is 11.9. The quantitative estimate of drug-likeness (QED) is 0.558. The van der Waals surface area contributed by atoms with Crippen LogP contribution in [0.15, 0.2) is 30.6 Å². The van der Waals surface area contributed by atoms with Gasteiger partial charge in [0.05, 0.1) is 7.11 Å². The van der Waals surface area contributed by atoms with Crippen LogP contribution in [0.5, 0.6) is 0 Å². The molecule has 0 radical (unpaired) electrons. The number of nitrogens with zero attached hydrogens (tertiary/aromatic N) is 4. The third-order valence-electron chi connectivity index (χ3n) is 2.90. The number of aliphatic hydroxyl groups is 1. The lowest BCUT2D eigenvalue weighted by Crippen LogP contribution is -2.42. The van der Waals surface area contributed by atoms with Gasteiger partial charge in [-0.1, -0.05) is 29.8 Å². The summed E-state index contributed by atoms with van der Waals surface area (Å²) < 4.78 is 9.52. The fourth-order valence-electron chi connectivity index (χ4n) is 1.80. The summed E-state index contributed by atoms with van der Waals surface area (Å²) in [4.78, 5) is 24.2. The fourth-order valence-corrected chi connectivity index (χ4v) is 2.06. The van der Waals surface area contributed by atoms with Crippen molar-refractivity contribution in [2.75, 3.05) is 7.11 Å². The molecule has 0 bridgehead atoms. The van der Waals surface area contributed by atoms with Crippen LogP contribution in [0.25, 0.3) is 0 Å². The van der Waals surface area contributed by atoms with Gasteiger partial charge in [-0.05, 0) is 11.3 Å². The number of nitrogens with one attached hydrogen (secondary N) is 1. The van der Waals surface area contributed by atoms with Crippen LogP contribution in [0.2, 0.25) is 5.02 Å². The zero-order valence-electron chi connectivity index (χ0n) is 12.5. The van der Waals surface area contributed by atoms with Gasteiger partial charge in [-0.3, -0.25) is 5.32 Å². The minimum atomic E-state index is -1.85. The summed E-state index contributed by atoms with van der Waals surface area (Å²) in [5, 5.41) is 22.8. The van der Waals surface area contributed by atoms with Crippen LogP contribution in [-0.4, -0.2) is 50.7 Å². The Morgan fingerprint density at radius 1 is 1.42 bits per heavy atom. The number of aromatic nitrogens is 4. The smallest absolute Gasteiger partial charge is 0.410 e. The van der Waals surface area contributed by atoms with Gasteiger partial charge >= 0.3 is 12.1 Å². The number of amides is 1. The second-order valence-electron chi connectivity index (χ2n) is 4.48. The molecule has 1 amide bonds. The predicted octanol–water partition coefficient (Wildman–Crippen LogP) is 0.285. The fraction of sp³-hybridized carbons (Fsp3) is 0.308. The highest BCUT2D eigenvalue weighted by Crippen LogP contribution is 2.26. The highest BCUT2D eigenvalue weighted by atomic mass is 35.5. The molecule has 2 atom stereocenters. The van der Waals surface area contributed by atoms with Gasteiger partial charge in [0, 0.05) is 10.6 Å². The van der Waals surface area contributed by atoms with Gasteiger partial charge < -0.3 is 14.6 Å². The Labute approximate surface area is 141 Å². The van der Waals surface area contributed by atoms with Crippen LogP contribution in [-0.2, 0) is 20.8 Å². The SMILES string of the molecule is COC(=O)C(O)NC(=O)OC(Cn1ncnn1)c1ccccc1Cl. The van der Waals surface area contributed by atoms with E-state index in [1.807, 2.05) is 5.32 Å². The molecule has 1 aromatic heterocycles. The first-order chi connectivity index (χ1) is 11.5. The summed E-state index contributed by atoms with van der Waals surface area (Å²) in [6.07, 6.45) is -2.54. The number of tetrazole rings is 1. The molecular formula is C13H14ClN5O5. The third-order valence-corrected chi connectivity index (χ3v) is 3.25. The lowest BCUT2D eigenvalue weighted by Gasteiger charge is -2.19. The van der Waals surface area contributed by atoms with Gasteiger partial charge in [-0.15, -0.1) is 10.2 Å². The number of benzene rings is 1. The first-order valence-electron chi connectivity index (χ1n) is 6.69. The van der Waals surface area contributed by atoms with Crippen LogP contribution in [0, 0.1) is 0 Å². The predicted molar refractivity (Wildman–Crippen MR) is 79.6 cm³/mol. The summed E-state index contributed by atoms with van der Waals surface area (Å²) in [7, 11) is 1.07. The van der Waals surface area contributed by atoms with Gasteiger partial charge in [0.2, 0.25) is 6.23 Å². The minimum absolute atomic E-state index is 0.0332. The Hall–Kier alpha value is -2.72. The second-order valence-corrected chi connectivity index (χ2v) is 4.88. The van der Waals surface area contributed by atoms with Gasteiger partial charge in [0.15, 0.2) is 12.4 Å². The molecule has 10 nitrogen and oxygen atoms in total. The minimum Gasteiger partial charge on any atom is -0.466 e. The Balaban J connectivity index is 2.13. The van der Waals surface area contributed by atoms with Crippen LogP contribution in [0.3, 0.4) is 0 Å². The van der Waals surface area contributed by atoms with E-state index in [4.69, 9.17) is 16.3 Å². The number of rotatable bonds is 6. The molecule has 0 spiro atoms. The standard InChI is InChI=1S/C13H14ClN5O5/c1-23-12(21)11(20)17-13(22)24-10(6-19-16-7-15-18-19)8-4-2-3-5-9(8)14/h2-5,7,10-11,20H,6H2,1H3,(H,17,22). The number of carbonyl (C=O) groups is 2. The average molecular weight is 356 g/mol. The molecule has 1 heterocycles. The third kappa shape index (κ3) is 4.64. The van der Waals surface area contributed by atoms with E-state index in [9.17, 15) is 14.7 Å². The molecule has 0 saturated carbocycles. The highest BCUT2D eigenvalue weighted by molar-refractivity contribution is 6.31. The monoisotopic (exact) mass is 355 g/mol. The molecule has 2 aromatic rings. The molecule has 0 fully saturated rings. The van der Waals surface area contributed by atoms with Crippen molar-refractivity contribution in [2.24, 2.45) is 0 Å². The van der Waals surface area contributed by atoms with Crippen LogP contribution < -0.4 is 5.32 Å². The van der Waals surface area contributed by atoms with E-state index in [1.165, 1.54) is 11.1 Å². The summed E-state index contributed by atoms with van der Waals surface area (Å²) in [6, 6.07) is 6.72. The summed E-state index contributed by atoms with van der Waals surface area (Å²) >= 11 is 6.12. The Kier molecular flexibility index (Phi) is 6.04. The molecule has 128 valence electrons. The van der Waals surface area contributed by atoms with Gasteiger partial charge in [0.25, 0.3) is 0 Å². The molecule has 2 rings (SSSR count). The number of hydrogen-bond donors (Lipinski definition) is 2. The molecule has 24 heavy (non-hydrogen) atoms. The Bertz CT molecular complexity index is 696.